The smallest absolute Gasteiger partial charge is 0.211 e. The maximum absolute atomic E-state index is 11.8. The van der Waals surface area contributed by atoms with Gasteiger partial charge < -0.3 is 10.5 Å². The Bertz CT molecular complexity index is 379. The van der Waals surface area contributed by atoms with Crippen LogP contribution in [0.5, 0.6) is 0 Å². The summed E-state index contributed by atoms with van der Waals surface area (Å²) in [4.78, 5) is 2.64. The Hall–Kier alpha value is -0.280. The van der Waals surface area contributed by atoms with E-state index in [4.69, 9.17) is 22.7 Å². The van der Waals surface area contributed by atoms with Crippen LogP contribution in [-0.2, 0) is 14.8 Å². The topological polar surface area (TPSA) is 84.7 Å². The number of ether oxygens (including phenoxy) is 1. The van der Waals surface area contributed by atoms with Crippen molar-refractivity contribution >= 4 is 27.2 Å². The Balaban J connectivity index is 2.30. The van der Waals surface area contributed by atoms with Gasteiger partial charge in [0.1, 0.15) is 0 Å². The van der Waals surface area contributed by atoms with E-state index in [1.807, 2.05) is 0 Å². The lowest BCUT2D eigenvalue weighted by Gasteiger charge is -2.31. The van der Waals surface area contributed by atoms with E-state index in [1.54, 1.807) is 7.11 Å². The van der Waals surface area contributed by atoms with Gasteiger partial charge in [0.25, 0.3) is 0 Å². The fraction of sp³-hybridized carbons (Fsp3) is 0.909. The molecule has 1 saturated heterocycles. The van der Waals surface area contributed by atoms with Gasteiger partial charge in [0.05, 0.1) is 10.7 Å². The van der Waals surface area contributed by atoms with Gasteiger partial charge in [-0.05, 0) is 19.3 Å². The second-order valence-electron chi connectivity index (χ2n) is 4.80. The number of thiocarbonyl (C=S) groups is 1. The SMILES string of the molecule is COCCCS(=O)(=O)NC1CCN(CC(N)=S)CC1. The van der Waals surface area contributed by atoms with Crippen molar-refractivity contribution in [2.45, 2.75) is 25.3 Å². The van der Waals surface area contributed by atoms with Crippen LogP contribution in [0.15, 0.2) is 0 Å². The molecule has 0 saturated carbocycles. The minimum absolute atomic E-state index is 0.0233. The largest absolute Gasteiger partial charge is 0.392 e. The van der Waals surface area contributed by atoms with E-state index >= 15 is 0 Å². The molecule has 0 aromatic rings. The lowest BCUT2D eigenvalue weighted by Crippen LogP contribution is -2.46. The molecule has 6 nitrogen and oxygen atoms in total. The van der Waals surface area contributed by atoms with Crippen LogP contribution in [0.1, 0.15) is 19.3 Å². The molecule has 19 heavy (non-hydrogen) atoms. The molecule has 8 heteroatoms. The fourth-order valence-corrected chi connectivity index (χ4v) is 3.68. The number of nitrogens with one attached hydrogen (secondary N) is 1. The van der Waals surface area contributed by atoms with E-state index in [-0.39, 0.29) is 11.8 Å². The molecule has 0 atom stereocenters. The lowest BCUT2D eigenvalue weighted by atomic mass is 10.1. The first-order chi connectivity index (χ1) is 8.93. The lowest BCUT2D eigenvalue weighted by molar-refractivity contribution is 0.199. The summed E-state index contributed by atoms with van der Waals surface area (Å²) in [5.41, 5.74) is 5.49. The van der Waals surface area contributed by atoms with E-state index in [1.165, 1.54) is 0 Å². The van der Waals surface area contributed by atoms with Crippen molar-refractivity contribution < 1.29 is 13.2 Å². The van der Waals surface area contributed by atoms with Crippen LogP contribution in [0.2, 0.25) is 0 Å². The van der Waals surface area contributed by atoms with Gasteiger partial charge in [-0.3, -0.25) is 4.90 Å². The second kappa shape index (κ2) is 8.11. The zero-order chi connectivity index (χ0) is 14.3. The first-order valence-corrected chi connectivity index (χ1v) is 8.48. The van der Waals surface area contributed by atoms with E-state index in [0.717, 1.165) is 25.9 Å². The molecule has 112 valence electrons. The third kappa shape index (κ3) is 7.17. The van der Waals surface area contributed by atoms with Gasteiger partial charge in [-0.25, -0.2) is 13.1 Å². The number of methoxy groups -OCH3 is 1. The number of sulfonamides is 1. The molecule has 0 unspecified atom stereocenters. The molecule has 3 N–H and O–H groups in total. The van der Waals surface area contributed by atoms with Crippen LogP contribution in [0.4, 0.5) is 0 Å². The minimum Gasteiger partial charge on any atom is -0.392 e. The number of rotatable bonds is 8. The highest BCUT2D eigenvalue weighted by atomic mass is 32.2. The molecule has 0 aliphatic carbocycles. The van der Waals surface area contributed by atoms with Crippen LogP contribution in [0.25, 0.3) is 0 Å². The van der Waals surface area contributed by atoms with Crippen LogP contribution < -0.4 is 10.5 Å². The van der Waals surface area contributed by atoms with Gasteiger partial charge in [-0.1, -0.05) is 12.2 Å². The summed E-state index contributed by atoms with van der Waals surface area (Å²) in [5.74, 6) is 0.119. The number of piperidine rings is 1. The second-order valence-corrected chi connectivity index (χ2v) is 7.20. The predicted octanol–water partition coefficient (Wildman–Crippen LogP) is -0.307. The van der Waals surface area contributed by atoms with Crippen molar-refractivity contribution in [3.05, 3.63) is 0 Å². The molecular weight excluding hydrogens is 286 g/mol. The van der Waals surface area contributed by atoms with Crippen molar-refractivity contribution in [2.75, 3.05) is 39.1 Å². The molecule has 0 radical (unpaired) electrons. The molecule has 1 fully saturated rings. The Morgan fingerprint density at radius 2 is 2.11 bits per heavy atom. The zero-order valence-electron chi connectivity index (χ0n) is 11.3. The monoisotopic (exact) mass is 309 g/mol. The summed E-state index contributed by atoms with van der Waals surface area (Å²) in [6, 6.07) is 0.0233. The Morgan fingerprint density at radius 3 is 2.63 bits per heavy atom. The van der Waals surface area contributed by atoms with Gasteiger partial charge in [-0.15, -0.1) is 0 Å². The molecule has 1 aliphatic rings. The number of nitrogens with zero attached hydrogens (tertiary/aromatic N) is 1. The molecule has 0 spiro atoms. The standard InChI is InChI=1S/C11H23N3O3S2/c1-17-7-2-8-19(15,16)13-10-3-5-14(6-4-10)9-11(12)18/h10,13H,2-9H2,1H3,(H2,12,18). The first kappa shape index (κ1) is 16.8. The third-order valence-corrected chi connectivity index (χ3v) is 4.72. The van der Waals surface area contributed by atoms with Gasteiger partial charge in [0.2, 0.25) is 10.0 Å². The molecule has 1 rings (SSSR count). The summed E-state index contributed by atoms with van der Waals surface area (Å²) < 4.78 is 31.2. The van der Waals surface area contributed by atoms with E-state index in [9.17, 15) is 8.42 Å². The van der Waals surface area contributed by atoms with Crippen LogP contribution in [0.3, 0.4) is 0 Å². The molecule has 0 bridgehead atoms. The molecule has 1 heterocycles. The zero-order valence-corrected chi connectivity index (χ0v) is 12.9. The van der Waals surface area contributed by atoms with Crippen molar-refractivity contribution in [1.29, 1.82) is 0 Å². The summed E-state index contributed by atoms with van der Waals surface area (Å²) in [6.45, 7) is 2.72. The molecule has 1 aliphatic heterocycles. The molecular formula is C11H23N3O3S2. The summed E-state index contributed by atoms with van der Waals surface area (Å²) in [6.07, 6.45) is 2.12. The maximum atomic E-state index is 11.8. The van der Waals surface area contributed by atoms with Crippen molar-refractivity contribution in [3.8, 4) is 0 Å². The maximum Gasteiger partial charge on any atom is 0.211 e. The highest BCUT2D eigenvalue weighted by Gasteiger charge is 2.23. The number of likely N-dealkylation sites (tertiary alicyclic amines) is 1. The van der Waals surface area contributed by atoms with Crippen molar-refractivity contribution in [1.82, 2.24) is 9.62 Å². The fourth-order valence-electron chi connectivity index (χ4n) is 2.14. The summed E-state index contributed by atoms with van der Waals surface area (Å²) in [5, 5.41) is 0. The highest BCUT2D eigenvalue weighted by molar-refractivity contribution is 7.89. The van der Waals surface area contributed by atoms with Gasteiger partial charge in [-0.2, -0.15) is 0 Å². The van der Waals surface area contributed by atoms with Crippen molar-refractivity contribution in [2.24, 2.45) is 5.73 Å². The Kier molecular flexibility index (Phi) is 7.16. The number of hydrogen-bond donors (Lipinski definition) is 2. The first-order valence-electron chi connectivity index (χ1n) is 6.42. The highest BCUT2D eigenvalue weighted by Crippen LogP contribution is 2.11. The van der Waals surface area contributed by atoms with Gasteiger partial charge >= 0.3 is 0 Å². The van der Waals surface area contributed by atoms with Crippen LogP contribution in [-0.4, -0.2) is 63.5 Å². The van der Waals surface area contributed by atoms with Crippen LogP contribution in [0, 0.1) is 0 Å². The van der Waals surface area contributed by atoms with E-state index in [2.05, 4.69) is 9.62 Å². The third-order valence-electron chi connectivity index (χ3n) is 3.07. The van der Waals surface area contributed by atoms with E-state index in [0.29, 0.717) is 24.6 Å². The summed E-state index contributed by atoms with van der Waals surface area (Å²) in [7, 11) is -1.63. The van der Waals surface area contributed by atoms with E-state index < -0.39 is 10.0 Å². The minimum atomic E-state index is -3.19. The average molecular weight is 309 g/mol. The Labute approximate surface area is 120 Å². The normalized spacial score (nSPS) is 18.6. The van der Waals surface area contributed by atoms with Crippen LogP contribution >= 0.6 is 12.2 Å². The van der Waals surface area contributed by atoms with Gasteiger partial charge in [0.15, 0.2) is 0 Å². The molecule has 0 amide bonds. The molecule has 0 aromatic heterocycles. The predicted molar refractivity (Wildman–Crippen MR) is 79.7 cm³/mol. The van der Waals surface area contributed by atoms with Crippen molar-refractivity contribution in [3.63, 3.8) is 0 Å². The number of nitrogens with two attached hydrogens (primary N) is 1. The summed E-state index contributed by atoms with van der Waals surface area (Å²) >= 11 is 4.87. The molecule has 0 aromatic carbocycles. The Morgan fingerprint density at radius 1 is 1.47 bits per heavy atom. The quantitative estimate of drug-likeness (QED) is 0.473. The average Bonchev–Trinajstić information content (AvgIpc) is 2.31. The number of hydrogen-bond acceptors (Lipinski definition) is 5. The van der Waals surface area contributed by atoms with Gasteiger partial charge in [0, 0.05) is 39.4 Å².